The van der Waals surface area contributed by atoms with E-state index in [4.69, 9.17) is 4.74 Å². The van der Waals surface area contributed by atoms with E-state index in [1.807, 2.05) is 4.90 Å². The predicted molar refractivity (Wildman–Crippen MR) is 115 cm³/mol. The van der Waals surface area contributed by atoms with Gasteiger partial charge in [0.2, 0.25) is 5.91 Å². The fourth-order valence-electron chi connectivity index (χ4n) is 4.96. The molecule has 4 nitrogen and oxygen atoms in total. The summed E-state index contributed by atoms with van der Waals surface area (Å²) in [6, 6.07) is 8.54. The number of amides is 1. The Kier molecular flexibility index (Phi) is 7.39. The van der Waals surface area contributed by atoms with E-state index in [2.05, 4.69) is 43.0 Å². The van der Waals surface area contributed by atoms with Gasteiger partial charge < -0.3 is 9.64 Å². The first-order valence-electron chi connectivity index (χ1n) is 11.2. The molecule has 0 bridgehead atoms. The molecule has 156 valence electrons. The van der Waals surface area contributed by atoms with Crippen LogP contribution < -0.4 is 4.74 Å². The highest BCUT2D eigenvalue weighted by Crippen LogP contribution is 2.38. The normalized spacial score (nSPS) is 21.5. The quantitative estimate of drug-likeness (QED) is 0.756. The lowest BCUT2D eigenvalue weighted by Crippen LogP contribution is -2.48. The molecule has 0 atom stereocenters. The van der Waals surface area contributed by atoms with E-state index in [1.54, 1.807) is 6.92 Å². The van der Waals surface area contributed by atoms with Gasteiger partial charge in [0.1, 0.15) is 12.4 Å². The Morgan fingerprint density at radius 3 is 2.57 bits per heavy atom. The maximum atomic E-state index is 11.8. The van der Waals surface area contributed by atoms with E-state index in [0.29, 0.717) is 11.3 Å². The van der Waals surface area contributed by atoms with Gasteiger partial charge in [-0.2, -0.15) is 0 Å². The van der Waals surface area contributed by atoms with Gasteiger partial charge in [-0.25, -0.2) is 0 Å². The van der Waals surface area contributed by atoms with Crippen LogP contribution in [0.1, 0.15) is 58.4 Å². The Labute approximate surface area is 171 Å². The first-order chi connectivity index (χ1) is 13.5. The predicted octanol–water partition coefficient (Wildman–Crippen LogP) is 4.38. The lowest BCUT2D eigenvalue weighted by molar-refractivity contribution is -0.131. The first kappa shape index (κ1) is 21.2. The summed E-state index contributed by atoms with van der Waals surface area (Å²) in [7, 11) is 0. The lowest BCUT2D eigenvalue weighted by Gasteiger charge is -2.45. The Morgan fingerprint density at radius 2 is 1.86 bits per heavy atom. The van der Waals surface area contributed by atoms with Gasteiger partial charge in [-0.1, -0.05) is 38.5 Å². The molecule has 2 aliphatic heterocycles. The van der Waals surface area contributed by atoms with Crippen molar-refractivity contribution in [2.45, 2.75) is 59.3 Å². The number of fused-ring (bicyclic) bond motifs is 1. The van der Waals surface area contributed by atoms with Gasteiger partial charge in [-0.3, -0.25) is 9.69 Å². The standard InChI is InChI=1S/C24H38N2O2/c1-20(2)18-25-16-17-28-23-10-5-4-8-22(23)9-6-7-11-24(19-25)12-14-26(15-13-24)21(3)27/h4-5,8,10,20H,6-7,9,11-19H2,1-3H3. The van der Waals surface area contributed by atoms with Crippen LogP contribution in [-0.2, 0) is 11.2 Å². The van der Waals surface area contributed by atoms with Gasteiger partial charge >= 0.3 is 0 Å². The molecule has 1 aromatic rings. The van der Waals surface area contributed by atoms with Gasteiger partial charge in [-0.15, -0.1) is 0 Å². The van der Waals surface area contributed by atoms with Crippen LogP contribution in [0.25, 0.3) is 0 Å². The molecule has 1 spiro atoms. The highest BCUT2D eigenvalue weighted by atomic mass is 16.5. The zero-order chi connectivity index (χ0) is 20.0. The Hall–Kier alpha value is -1.55. The summed E-state index contributed by atoms with van der Waals surface area (Å²) in [5.41, 5.74) is 1.69. The monoisotopic (exact) mass is 386 g/mol. The number of carbonyl (C=O) groups is 1. The van der Waals surface area contributed by atoms with Crippen LogP contribution in [0.2, 0.25) is 0 Å². The summed E-state index contributed by atoms with van der Waals surface area (Å²) < 4.78 is 6.20. The average molecular weight is 387 g/mol. The molecular weight excluding hydrogens is 348 g/mol. The molecule has 0 saturated carbocycles. The number of piperidine rings is 1. The fraction of sp³-hybridized carbons (Fsp3) is 0.708. The van der Waals surface area contributed by atoms with Crippen molar-refractivity contribution in [2.24, 2.45) is 11.3 Å². The number of nitrogens with zero attached hydrogens (tertiary/aromatic N) is 2. The van der Waals surface area contributed by atoms with Crippen LogP contribution in [0.3, 0.4) is 0 Å². The number of aryl methyl sites for hydroxylation is 1. The summed E-state index contributed by atoms with van der Waals surface area (Å²) in [5, 5.41) is 0. The summed E-state index contributed by atoms with van der Waals surface area (Å²) in [4.78, 5) is 16.5. The zero-order valence-electron chi connectivity index (χ0n) is 18.1. The van der Waals surface area contributed by atoms with E-state index in [-0.39, 0.29) is 5.91 Å². The zero-order valence-corrected chi connectivity index (χ0v) is 18.1. The summed E-state index contributed by atoms with van der Waals surface area (Å²) in [6.45, 7) is 12.1. The second-order valence-corrected chi connectivity index (χ2v) is 9.30. The summed E-state index contributed by atoms with van der Waals surface area (Å²) >= 11 is 0. The fourth-order valence-corrected chi connectivity index (χ4v) is 4.96. The number of para-hydroxylation sites is 1. The van der Waals surface area contributed by atoms with E-state index >= 15 is 0 Å². The van der Waals surface area contributed by atoms with E-state index in [1.165, 1.54) is 24.8 Å². The van der Waals surface area contributed by atoms with Crippen molar-refractivity contribution in [3.8, 4) is 5.75 Å². The van der Waals surface area contributed by atoms with Crippen molar-refractivity contribution in [1.29, 1.82) is 0 Å². The molecule has 3 rings (SSSR count). The maximum absolute atomic E-state index is 11.8. The average Bonchev–Trinajstić information content (AvgIpc) is 2.65. The van der Waals surface area contributed by atoms with Gasteiger partial charge in [0.25, 0.3) is 0 Å². The molecule has 4 heteroatoms. The van der Waals surface area contributed by atoms with Crippen LogP contribution in [-0.4, -0.2) is 55.0 Å². The maximum Gasteiger partial charge on any atom is 0.219 e. The molecule has 28 heavy (non-hydrogen) atoms. The molecule has 1 aromatic carbocycles. The van der Waals surface area contributed by atoms with Crippen LogP contribution in [0.4, 0.5) is 0 Å². The number of likely N-dealkylation sites (tertiary alicyclic amines) is 1. The van der Waals surface area contributed by atoms with Crippen molar-refractivity contribution < 1.29 is 9.53 Å². The molecule has 1 saturated heterocycles. The van der Waals surface area contributed by atoms with Crippen LogP contribution in [0.5, 0.6) is 5.75 Å². The molecular formula is C24H38N2O2. The van der Waals surface area contributed by atoms with Gasteiger partial charge in [0, 0.05) is 39.6 Å². The molecule has 0 aliphatic carbocycles. The van der Waals surface area contributed by atoms with Crippen LogP contribution >= 0.6 is 0 Å². The minimum atomic E-state index is 0.229. The van der Waals surface area contributed by atoms with E-state index < -0.39 is 0 Å². The van der Waals surface area contributed by atoms with Crippen LogP contribution in [0, 0.1) is 11.3 Å². The number of rotatable bonds is 2. The largest absolute Gasteiger partial charge is 0.492 e. The smallest absolute Gasteiger partial charge is 0.219 e. The molecule has 0 radical (unpaired) electrons. The van der Waals surface area contributed by atoms with Gasteiger partial charge in [0.15, 0.2) is 0 Å². The second kappa shape index (κ2) is 9.78. The Balaban J connectivity index is 1.74. The molecule has 0 aromatic heterocycles. The Bertz CT molecular complexity index is 635. The van der Waals surface area contributed by atoms with Crippen LogP contribution in [0.15, 0.2) is 24.3 Å². The van der Waals surface area contributed by atoms with Crippen molar-refractivity contribution in [3.05, 3.63) is 29.8 Å². The summed E-state index contributed by atoms with van der Waals surface area (Å²) in [6.07, 6.45) is 7.11. The highest BCUT2D eigenvalue weighted by Gasteiger charge is 2.36. The first-order valence-corrected chi connectivity index (χ1v) is 11.2. The Morgan fingerprint density at radius 1 is 1.11 bits per heavy atom. The van der Waals surface area contributed by atoms with Crippen molar-refractivity contribution in [3.63, 3.8) is 0 Å². The molecule has 1 amide bonds. The number of ether oxygens (including phenoxy) is 1. The SMILES string of the molecule is CC(=O)N1CCC2(CCCCc3ccccc3OCCN(CC(C)C)C2)CC1. The molecule has 2 aliphatic rings. The minimum absolute atomic E-state index is 0.229. The van der Waals surface area contributed by atoms with E-state index in [9.17, 15) is 4.79 Å². The third kappa shape index (κ3) is 5.73. The molecule has 2 heterocycles. The van der Waals surface area contributed by atoms with Gasteiger partial charge in [0.05, 0.1) is 0 Å². The van der Waals surface area contributed by atoms with Crippen molar-refractivity contribution in [2.75, 3.05) is 39.3 Å². The van der Waals surface area contributed by atoms with E-state index in [0.717, 1.165) is 64.3 Å². The number of hydrogen-bond acceptors (Lipinski definition) is 3. The highest BCUT2D eigenvalue weighted by molar-refractivity contribution is 5.73. The lowest BCUT2D eigenvalue weighted by atomic mass is 9.73. The third-order valence-electron chi connectivity index (χ3n) is 6.49. The number of carbonyl (C=O) groups excluding carboxylic acids is 1. The topological polar surface area (TPSA) is 32.8 Å². The third-order valence-corrected chi connectivity index (χ3v) is 6.49. The van der Waals surface area contributed by atoms with Crippen molar-refractivity contribution >= 4 is 5.91 Å². The number of hydrogen-bond donors (Lipinski definition) is 0. The minimum Gasteiger partial charge on any atom is -0.492 e. The van der Waals surface area contributed by atoms with Gasteiger partial charge in [-0.05, 0) is 55.1 Å². The second-order valence-electron chi connectivity index (χ2n) is 9.30. The number of benzene rings is 1. The molecule has 0 unspecified atom stereocenters. The molecule has 1 fully saturated rings. The van der Waals surface area contributed by atoms with Crippen molar-refractivity contribution in [1.82, 2.24) is 9.80 Å². The molecule has 0 N–H and O–H groups in total. The summed E-state index contributed by atoms with van der Waals surface area (Å²) in [5.74, 6) is 1.94.